The molecule has 0 spiro atoms. The summed E-state index contributed by atoms with van der Waals surface area (Å²) < 4.78 is 37.2. The van der Waals surface area contributed by atoms with Gasteiger partial charge in [-0.2, -0.15) is 13.2 Å². The summed E-state index contributed by atoms with van der Waals surface area (Å²) in [6.07, 6.45) is -0.709. The van der Waals surface area contributed by atoms with Crippen LogP contribution >= 0.6 is 0 Å². The number of fused-ring (bicyclic) bond motifs is 1. The Morgan fingerprint density at radius 3 is 2.50 bits per heavy atom. The molecule has 0 aliphatic carbocycles. The van der Waals surface area contributed by atoms with Crippen molar-refractivity contribution in [3.05, 3.63) is 54.4 Å². The lowest BCUT2D eigenvalue weighted by Crippen LogP contribution is -2.47. The van der Waals surface area contributed by atoms with Gasteiger partial charge in [0, 0.05) is 50.5 Å². The molecule has 2 aromatic heterocycles. The number of H-pyrrole nitrogens is 1. The topological polar surface area (TPSA) is 111 Å². The molecule has 36 heavy (non-hydrogen) atoms. The molecule has 9 nitrogen and oxygen atoms in total. The van der Waals surface area contributed by atoms with Crippen molar-refractivity contribution in [3.63, 3.8) is 0 Å². The molecule has 0 saturated carbocycles. The predicted molar refractivity (Wildman–Crippen MR) is 128 cm³/mol. The van der Waals surface area contributed by atoms with Crippen molar-refractivity contribution in [1.29, 1.82) is 0 Å². The summed E-state index contributed by atoms with van der Waals surface area (Å²) in [4.78, 5) is 33.4. The van der Waals surface area contributed by atoms with E-state index in [9.17, 15) is 18.0 Å². The molecule has 1 aliphatic heterocycles. The van der Waals surface area contributed by atoms with Gasteiger partial charge in [-0.15, -0.1) is 0 Å². The smallest absolute Gasteiger partial charge is 0.490 e. The highest BCUT2D eigenvalue weighted by molar-refractivity contribution is 6.05. The number of carboxylic acids is 1. The molecule has 1 fully saturated rings. The number of aliphatic carboxylic acids is 1. The van der Waals surface area contributed by atoms with E-state index in [1.165, 1.54) is 0 Å². The second-order valence-corrected chi connectivity index (χ2v) is 8.01. The van der Waals surface area contributed by atoms with E-state index in [1.54, 1.807) is 19.5 Å². The number of anilines is 1. The number of pyridine rings is 1. The average Bonchev–Trinajstić information content (AvgIpc) is 3.31. The van der Waals surface area contributed by atoms with E-state index < -0.39 is 12.1 Å². The molecular weight excluding hydrogens is 479 g/mol. The molecule has 3 N–H and O–H groups in total. The first kappa shape index (κ1) is 26.8. The Balaban J connectivity index is 0.000000454. The van der Waals surface area contributed by atoms with Crippen molar-refractivity contribution in [2.75, 3.05) is 51.3 Å². The van der Waals surface area contributed by atoms with Crippen molar-refractivity contribution in [2.45, 2.75) is 12.6 Å². The number of methoxy groups -OCH3 is 1. The number of hydrogen-bond acceptors (Lipinski definition) is 6. The molecule has 194 valence electrons. The Hall–Kier alpha value is -3.80. The monoisotopic (exact) mass is 507 g/mol. The minimum Gasteiger partial charge on any atom is -0.495 e. The molecule has 1 aliphatic rings. The van der Waals surface area contributed by atoms with Crippen LogP contribution in [0.2, 0.25) is 0 Å². The van der Waals surface area contributed by atoms with Gasteiger partial charge in [0.05, 0.1) is 18.4 Å². The summed E-state index contributed by atoms with van der Waals surface area (Å²) >= 11 is 0. The first-order valence-corrected chi connectivity index (χ1v) is 11.3. The predicted octanol–water partition coefficient (Wildman–Crippen LogP) is 3.15. The zero-order chi connectivity index (χ0) is 26.1. The maximum atomic E-state index is 12.4. The Morgan fingerprint density at radius 2 is 1.83 bits per heavy atom. The summed E-state index contributed by atoms with van der Waals surface area (Å²) in [6, 6.07) is 11.9. The van der Waals surface area contributed by atoms with Crippen LogP contribution in [0.1, 0.15) is 16.8 Å². The third-order valence-electron chi connectivity index (χ3n) is 5.67. The number of aromatic nitrogens is 2. The molecule has 3 heterocycles. The maximum absolute atomic E-state index is 12.4. The fraction of sp³-hybridized carbons (Fsp3) is 0.375. The summed E-state index contributed by atoms with van der Waals surface area (Å²) in [5.41, 5.74) is 2.55. The highest BCUT2D eigenvalue weighted by atomic mass is 19.4. The van der Waals surface area contributed by atoms with E-state index in [0.717, 1.165) is 61.6 Å². The number of alkyl halides is 3. The minimum absolute atomic E-state index is 0.0507. The Labute approximate surface area is 205 Å². The van der Waals surface area contributed by atoms with E-state index in [-0.39, 0.29) is 5.91 Å². The third-order valence-corrected chi connectivity index (χ3v) is 5.67. The van der Waals surface area contributed by atoms with E-state index in [4.69, 9.17) is 14.6 Å². The number of ether oxygens (including phenoxy) is 1. The molecular formula is C24H28F3N5O4. The molecule has 1 saturated heterocycles. The number of carbonyl (C=O) groups is 2. The Bertz CT molecular complexity index is 1160. The second-order valence-electron chi connectivity index (χ2n) is 8.01. The molecule has 0 unspecified atom stereocenters. The normalized spacial score (nSPS) is 14.2. The quantitative estimate of drug-likeness (QED) is 0.422. The van der Waals surface area contributed by atoms with Crippen molar-refractivity contribution in [3.8, 4) is 5.75 Å². The summed E-state index contributed by atoms with van der Waals surface area (Å²) in [7, 11) is 1.72. The van der Waals surface area contributed by atoms with Crippen LogP contribution in [-0.4, -0.2) is 84.4 Å². The summed E-state index contributed by atoms with van der Waals surface area (Å²) in [5.74, 6) is -1.88. The first-order valence-electron chi connectivity index (χ1n) is 11.3. The number of halogens is 3. The number of benzene rings is 1. The lowest BCUT2D eigenvalue weighted by Gasteiger charge is -2.36. The lowest BCUT2D eigenvalue weighted by molar-refractivity contribution is -0.192. The minimum atomic E-state index is -5.08. The molecule has 12 heteroatoms. The van der Waals surface area contributed by atoms with Crippen LogP contribution in [-0.2, 0) is 4.79 Å². The van der Waals surface area contributed by atoms with Crippen LogP contribution in [0.5, 0.6) is 5.75 Å². The number of piperazine rings is 1. The van der Waals surface area contributed by atoms with Gasteiger partial charge in [-0.3, -0.25) is 9.69 Å². The summed E-state index contributed by atoms with van der Waals surface area (Å²) in [5, 5.41) is 11.0. The highest BCUT2D eigenvalue weighted by Crippen LogP contribution is 2.28. The standard InChI is InChI=1S/C22H27N5O2.C2HF3O2/c1-29-20-8-3-2-7-19(20)27-14-12-26(13-15-27)11-5-10-24-22(28)18-16-25-21-17(18)6-4-9-23-21;3-2(4,5)1(6)7/h2-4,6-9,16H,5,10-15H2,1H3,(H,23,25)(H,24,28);(H,6,7). The number of para-hydroxylation sites is 2. The first-order chi connectivity index (χ1) is 17.2. The van der Waals surface area contributed by atoms with Crippen LogP contribution in [0.3, 0.4) is 0 Å². The van der Waals surface area contributed by atoms with Gasteiger partial charge in [0.25, 0.3) is 5.91 Å². The van der Waals surface area contributed by atoms with Gasteiger partial charge in [0.2, 0.25) is 0 Å². The average molecular weight is 508 g/mol. The van der Waals surface area contributed by atoms with Crippen LogP contribution in [0.4, 0.5) is 18.9 Å². The lowest BCUT2D eigenvalue weighted by atomic mass is 10.2. The molecule has 3 aromatic rings. The Morgan fingerprint density at radius 1 is 1.14 bits per heavy atom. The van der Waals surface area contributed by atoms with Crippen molar-refractivity contribution in [1.82, 2.24) is 20.2 Å². The maximum Gasteiger partial charge on any atom is 0.490 e. The molecule has 0 atom stereocenters. The van der Waals surface area contributed by atoms with Crippen molar-refractivity contribution in [2.24, 2.45) is 0 Å². The summed E-state index contributed by atoms with van der Waals surface area (Å²) in [6.45, 7) is 5.64. The highest BCUT2D eigenvalue weighted by Gasteiger charge is 2.38. The number of aromatic amines is 1. The van der Waals surface area contributed by atoms with E-state index >= 15 is 0 Å². The van der Waals surface area contributed by atoms with Crippen molar-refractivity contribution >= 4 is 28.6 Å². The number of nitrogens with one attached hydrogen (secondary N) is 2. The van der Waals surface area contributed by atoms with Gasteiger partial charge in [-0.25, -0.2) is 9.78 Å². The van der Waals surface area contributed by atoms with E-state index in [0.29, 0.717) is 12.1 Å². The largest absolute Gasteiger partial charge is 0.495 e. The number of hydrogen-bond donors (Lipinski definition) is 3. The molecule has 1 aromatic carbocycles. The van der Waals surface area contributed by atoms with Crippen LogP contribution in [0, 0.1) is 0 Å². The van der Waals surface area contributed by atoms with Gasteiger partial charge in [-0.05, 0) is 37.2 Å². The number of carboxylic acid groups (broad SMARTS) is 1. The molecule has 4 rings (SSSR count). The molecule has 1 amide bonds. The van der Waals surface area contributed by atoms with Crippen LogP contribution in [0.25, 0.3) is 11.0 Å². The number of carbonyl (C=O) groups excluding carboxylic acids is 1. The SMILES string of the molecule is COc1ccccc1N1CCN(CCCNC(=O)c2c[nH]c3ncccc23)CC1.O=C(O)C(F)(F)F. The van der Waals surface area contributed by atoms with E-state index in [2.05, 4.69) is 37.2 Å². The second kappa shape index (κ2) is 12.2. The molecule has 0 bridgehead atoms. The van der Waals surface area contributed by atoms with Gasteiger partial charge < -0.3 is 25.0 Å². The Kier molecular flexibility index (Phi) is 9.12. The zero-order valence-corrected chi connectivity index (χ0v) is 19.7. The number of amides is 1. The third kappa shape index (κ3) is 7.11. The van der Waals surface area contributed by atoms with Gasteiger partial charge in [0.15, 0.2) is 0 Å². The zero-order valence-electron chi connectivity index (χ0n) is 19.7. The van der Waals surface area contributed by atoms with Crippen molar-refractivity contribution < 1.29 is 32.6 Å². The van der Waals surface area contributed by atoms with Gasteiger partial charge in [0.1, 0.15) is 11.4 Å². The van der Waals surface area contributed by atoms with Gasteiger partial charge in [-0.1, -0.05) is 12.1 Å². The number of rotatable bonds is 7. The van der Waals surface area contributed by atoms with Gasteiger partial charge >= 0.3 is 12.1 Å². The fourth-order valence-electron chi connectivity index (χ4n) is 3.85. The van der Waals surface area contributed by atoms with E-state index in [1.807, 2.05) is 24.3 Å². The number of nitrogens with zero attached hydrogens (tertiary/aromatic N) is 3. The van der Waals surface area contributed by atoms with Crippen LogP contribution in [0.15, 0.2) is 48.8 Å². The molecule has 0 radical (unpaired) electrons. The fourth-order valence-corrected chi connectivity index (χ4v) is 3.85. The van der Waals surface area contributed by atoms with Crippen LogP contribution < -0.4 is 15.0 Å².